The summed E-state index contributed by atoms with van der Waals surface area (Å²) >= 11 is 0. The third-order valence-corrected chi connectivity index (χ3v) is 6.26. The van der Waals surface area contributed by atoms with Gasteiger partial charge in [-0.05, 0) is 81.5 Å². The number of methoxy groups -OCH3 is 2. The number of nitrogens with one attached hydrogen (secondary N) is 1. The van der Waals surface area contributed by atoms with Gasteiger partial charge in [-0.2, -0.15) is 0 Å². The highest BCUT2D eigenvalue weighted by molar-refractivity contribution is 5.56. The molecule has 0 radical (unpaired) electrons. The van der Waals surface area contributed by atoms with E-state index in [1.807, 2.05) is 20.8 Å². The molecule has 1 aromatic heterocycles. The quantitative estimate of drug-likeness (QED) is 0.425. The van der Waals surface area contributed by atoms with Crippen LogP contribution in [0.3, 0.4) is 0 Å². The third kappa shape index (κ3) is 5.59. The Balaban J connectivity index is 2.06. The summed E-state index contributed by atoms with van der Waals surface area (Å²) < 4.78 is 12.5. The van der Waals surface area contributed by atoms with Crippen LogP contribution in [0.4, 0.5) is 5.69 Å². The average molecular weight is 462 g/mol. The van der Waals surface area contributed by atoms with Crippen molar-refractivity contribution in [3.63, 3.8) is 0 Å². The molecule has 1 aliphatic rings. The summed E-state index contributed by atoms with van der Waals surface area (Å²) in [5.41, 5.74) is 5.84. The largest absolute Gasteiger partial charge is 0.493 e. The molecule has 0 bridgehead atoms. The number of hydrogen-bond donors (Lipinski definition) is 2. The van der Waals surface area contributed by atoms with Crippen molar-refractivity contribution in [1.82, 2.24) is 25.5 Å². The molecular formula is C22H35N7O4. The molecule has 1 fully saturated rings. The van der Waals surface area contributed by atoms with Crippen molar-refractivity contribution >= 4 is 5.69 Å². The Bertz CT molecular complexity index is 957. The zero-order valence-corrected chi connectivity index (χ0v) is 20.1. The van der Waals surface area contributed by atoms with Crippen LogP contribution in [0.1, 0.15) is 63.9 Å². The number of nitrogens with zero attached hydrogens (tertiary/aromatic N) is 5. The van der Waals surface area contributed by atoms with E-state index in [1.165, 1.54) is 20.3 Å². The summed E-state index contributed by atoms with van der Waals surface area (Å²) in [6, 6.07) is 2.41. The maximum atomic E-state index is 12.0. The zero-order valence-electron chi connectivity index (χ0n) is 20.1. The van der Waals surface area contributed by atoms with Crippen LogP contribution >= 0.6 is 0 Å². The number of aromatic nitrogens is 4. The smallest absolute Gasteiger partial charge is 0.278 e. The van der Waals surface area contributed by atoms with E-state index < -0.39 is 16.5 Å². The van der Waals surface area contributed by atoms with Gasteiger partial charge in [0.25, 0.3) is 5.69 Å². The van der Waals surface area contributed by atoms with Gasteiger partial charge in [0, 0.05) is 0 Å². The Kier molecular flexibility index (Phi) is 7.85. The molecule has 182 valence electrons. The highest BCUT2D eigenvalue weighted by Crippen LogP contribution is 2.39. The zero-order chi connectivity index (χ0) is 24.2. The first-order valence-corrected chi connectivity index (χ1v) is 11.3. The first kappa shape index (κ1) is 24.8. The van der Waals surface area contributed by atoms with E-state index in [1.54, 1.807) is 10.7 Å². The predicted octanol–water partition coefficient (Wildman–Crippen LogP) is 2.80. The molecule has 0 aliphatic heterocycles. The van der Waals surface area contributed by atoms with Crippen LogP contribution in [0, 0.1) is 22.0 Å². The molecule has 0 saturated heterocycles. The minimum atomic E-state index is -0.613. The lowest BCUT2D eigenvalue weighted by molar-refractivity contribution is -0.385. The fourth-order valence-electron chi connectivity index (χ4n) is 4.55. The van der Waals surface area contributed by atoms with E-state index in [2.05, 4.69) is 20.8 Å². The van der Waals surface area contributed by atoms with Crippen LogP contribution in [0.25, 0.3) is 0 Å². The Morgan fingerprint density at radius 1 is 1.24 bits per heavy atom. The number of nitro groups is 1. The first-order valence-electron chi connectivity index (χ1n) is 11.3. The summed E-state index contributed by atoms with van der Waals surface area (Å²) in [6.45, 7) is 7.31. The minimum absolute atomic E-state index is 0.0860. The van der Waals surface area contributed by atoms with Gasteiger partial charge in [-0.25, -0.2) is 4.68 Å². The molecule has 11 heteroatoms. The molecule has 1 aromatic carbocycles. The Morgan fingerprint density at radius 2 is 1.91 bits per heavy atom. The fraction of sp³-hybridized carbons (Fsp3) is 0.682. The maximum Gasteiger partial charge on any atom is 0.278 e. The number of benzene rings is 1. The molecule has 11 nitrogen and oxygen atoms in total. The first-order chi connectivity index (χ1) is 15.7. The third-order valence-electron chi connectivity index (χ3n) is 6.26. The van der Waals surface area contributed by atoms with Crippen molar-refractivity contribution in [1.29, 1.82) is 0 Å². The molecule has 3 atom stereocenters. The molecular weight excluding hydrogens is 426 g/mol. The summed E-state index contributed by atoms with van der Waals surface area (Å²) in [5.74, 6) is 2.14. The van der Waals surface area contributed by atoms with Gasteiger partial charge >= 0.3 is 0 Å². The van der Waals surface area contributed by atoms with E-state index >= 15 is 0 Å². The molecule has 1 aliphatic carbocycles. The number of ether oxygens (including phenoxy) is 2. The van der Waals surface area contributed by atoms with Gasteiger partial charge in [-0.1, -0.05) is 6.42 Å². The molecule has 3 N–H and O–H groups in total. The highest BCUT2D eigenvalue weighted by atomic mass is 16.6. The van der Waals surface area contributed by atoms with Crippen LogP contribution in [0.15, 0.2) is 12.1 Å². The van der Waals surface area contributed by atoms with Crippen LogP contribution in [-0.4, -0.2) is 52.4 Å². The van der Waals surface area contributed by atoms with Gasteiger partial charge in [-0.15, -0.1) is 5.10 Å². The molecule has 33 heavy (non-hydrogen) atoms. The molecule has 0 amide bonds. The summed E-state index contributed by atoms with van der Waals surface area (Å²) in [4.78, 5) is 11.6. The Hall–Kier alpha value is -2.79. The van der Waals surface area contributed by atoms with Crippen LogP contribution in [-0.2, 0) is 5.54 Å². The van der Waals surface area contributed by atoms with E-state index in [9.17, 15) is 10.1 Å². The van der Waals surface area contributed by atoms with Crippen molar-refractivity contribution in [2.24, 2.45) is 17.6 Å². The van der Waals surface area contributed by atoms with Crippen molar-refractivity contribution in [3.05, 3.63) is 33.6 Å². The molecule has 2 aromatic rings. The van der Waals surface area contributed by atoms with Gasteiger partial charge in [0.2, 0.25) is 0 Å². The molecule has 1 heterocycles. The molecule has 0 spiro atoms. The SMILES string of the molecule is COc1cc(C(NCC2CCCC(CN)C2)c2nnnn2C(C)(C)C)c([N+](=O)[O-])cc1OC. The topological polar surface area (TPSA) is 143 Å². The molecule has 1 saturated carbocycles. The summed E-state index contributed by atoms with van der Waals surface area (Å²) in [5, 5.41) is 27.9. The van der Waals surface area contributed by atoms with E-state index in [0.717, 1.165) is 25.7 Å². The molecule has 3 rings (SSSR count). The van der Waals surface area contributed by atoms with Crippen molar-refractivity contribution < 1.29 is 14.4 Å². The lowest BCUT2D eigenvalue weighted by Crippen LogP contribution is -2.36. The van der Waals surface area contributed by atoms with Crippen molar-refractivity contribution in [3.8, 4) is 11.5 Å². The standard InChI is InChI=1S/C22H35N7O4/c1-22(2,3)28-21(25-26-27-28)20(24-13-15-8-6-7-14(9-15)12-23)16-10-18(32-4)19(33-5)11-17(16)29(30)31/h10-11,14-15,20,24H,6-9,12-13,23H2,1-5H3. The fourth-order valence-corrected chi connectivity index (χ4v) is 4.55. The minimum Gasteiger partial charge on any atom is -0.493 e. The molecule has 3 unspecified atom stereocenters. The highest BCUT2D eigenvalue weighted by Gasteiger charge is 2.34. The normalized spacial score (nSPS) is 19.8. The van der Waals surface area contributed by atoms with E-state index in [-0.39, 0.29) is 5.69 Å². The number of rotatable bonds is 9. The monoisotopic (exact) mass is 461 g/mol. The Morgan fingerprint density at radius 3 is 2.52 bits per heavy atom. The Labute approximate surface area is 194 Å². The van der Waals surface area contributed by atoms with Gasteiger partial charge in [0.05, 0.1) is 36.3 Å². The van der Waals surface area contributed by atoms with E-state index in [4.69, 9.17) is 15.2 Å². The van der Waals surface area contributed by atoms with Crippen LogP contribution in [0.2, 0.25) is 0 Å². The second kappa shape index (κ2) is 10.4. The van der Waals surface area contributed by atoms with Crippen molar-refractivity contribution in [2.75, 3.05) is 27.3 Å². The van der Waals surface area contributed by atoms with Crippen LogP contribution < -0.4 is 20.5 Å². The lowest BCUT2D eigenvalue weighted by atomic mass is 9.81. The van der Waals surface area contributed by atoms with Crippen LogP contribution in [0.5, 0.6) is 11.5 Å². The maximum absolute atomic E-state index is 12.0. The number of nitro benzene ring substituents is 1. The summed E-state index contributed by atoms with van der Waals surface area (Å²) in [6.07, 6.45) is 4.41. The number of hydrogen-bond acceptors (Lipinski definition) is 9. The predicted molar refractivity (Wildman–Crippen MR) is 123 cm³/mol. The number of nitrogens with two attached hydrogens (primary N) is 1. The number of tetrazole rings is 1. The van der Waals surface area contributed by atoms with E-state index in [0.29, 0.717) is 47.8 Å². The van der Waals surface area contributed by atoms with Gasteiger partial charge in [-0.3, -0.25) is 10.1 Å². The van der Waals surface area contributed by atoms with Gasteiger partial charge in [0.1, 0.15) is 6.04 Å². The van der Waals surface area contributed by atoms with Gasteiger partial charge in [0.15, 0.2) is 17.3 Å². The second-order valence-corrected chi connectivity index (χ2v) is 9.62. The lowest BCUT2D eigenvalue weighted by Gasteiger charge is -2.30. The van der Waals surface area contributed by atoms with Gasteiger partial charge < -0.3 is 20.5 Å². The van der Waals surface area contributed by atoms with Crippen molar-refractivity contribution in [2.45, 2.75) is 58.0 Å². The summed E-state index contributed by atoms with van der Waals surface area (Å²) in [7, 11) is 2.96. The second-order valence-electron chi connectivity index (χ2n) is 9.62. The average Bonchev–Trinajstić information content (AvgIpc) is 3.29.